The number of hydrogen-bond donors (Lipinski definition) is 0. The topological polar surface area (TPSA) is 96.7 Å². The van der Waals surface area contributed by atoms with E-state index in [1.165, 1.54) is 48.3 Å². The van der Waals surface area contributed by atoms with Crippen molar-refractivity contribution < 1.29 is 37.0 Å². The zero-order chi connectivity index (χ0) is 31.1. The van der Waals surface area contributed by atoms with Crippen LogP contribution in [0.15, 0.2) is 53.6 Å². The number of carbonyl (C=O) groups excluding carboxylic acids is 2. The highest BCUT2D eigenvalue weighted by atomic mass is 35.5. The lowest BCUT2D eigenvalue weighted by molar-refractivity contribution is -0.153. The first kappa shape index (κ1) is 32.2. The number of benzene rings is 1. The van der Waals surface area contributed by atoms with Gasteiger partial charge in [0.2, 0.25) is 0 Å². The van der Waals surface area contributed by atoms with Crippen LogP contribution in [-0.4, -0.2) is 53.7 Å². The minimum atomic E-state index is -4.58. The van der Waals surface area contributed by atoms with Gasteiger partial charge in [-0.2, -0.15) is 13.2 Å². The van der Waals surface area contributed by atoms with Crippen molar-refractivity contribution in [2.24, 2.45) is 0 Å². The zero-order valence-corrected chi connectivity index (χ0v) is 24.5. The summed E-state index contributed by atoms with van der Waals surface area (Å²) in [5, 5.41) is 0.211. The monoisotopic (exact) mass is 620 g/mol. The first-order valence-electron chi connectivity index (χ1n) is 13.9. The van der Waals surface area contributed by atoms with Gasteiger partial charge < -0.3 is 18.8 Å². The lowest BCUT2D eigenvalue weighted by Gasteiger charge is -2.28. The Labute approximate surface area is 251 Å². The second-order valence-corrected chi connectivity index (χ2v) is 10.7. The Morgan fingerprint density at radius 1 is 1.14 bits per heavy atom. The van der Waals surface area contributed by atoms with Gasteiger partial charge in [0, 0.05) is 54.3 Å². The lowest BCUT2D eigenvalue weighted by atomic mass is 9.95. The van der Waals surface area contributed by atoms with Gasteiger partial charge in [-0.3, -0.25) is 19.4 Å². The molecule has 0 saturated carbocycles. The van der Waals surface area contributed by atoms with Crippen molar-refractivity contribution in [1.29, 1.82) is 0 Å². The van der Waals surface area contributed by atoms with Gasteiger partial charge in [-0.1, -0.05) is 24.6 Å². The minimum absolute atomic E-state index is 0.0504. The standard InChI is InChI=1S/C31H32ClF3N2O6/c1-3-26(38)24-9-7-19(16-36-24)12-27(39)25(14-21-6-4-5-11-42-21)37-17-29(41-2)23(15-30(37)40)22-13-20(32)8-10-28(22)43-18-31(33,34)35/h7-10,13,15-17,21,25H,3-6,11-12,14,18H2,1-2H3/t21-,25?/m1/s1. The molecule has 4 rings (SSSR count). The van der Waals surface area contributed by atoms with Crippen LogP contribution in [-0.2, 0) is 16.0 Å². The summed E-state index contributed by atoms with van der Waals surface area (Å²) in [7, 11) is 1.35. The van der Waals surface area contributed by atoms with Gasteiger partial charge in [0.25, 0.3) is 5.56 Å². The summed E-state index contributed by atoms with van der Waals surface area (Å²) in [6.07, 6.45) is 1.07. The van der Waals surface area contributed by atoms with E-state index in [1.807, 2.05) is 0 Å². The molecule has 12 heteroatoms. The number of halogens is 4. The molecular weight excluding hydrogens is 589 g/mol. The minimum Gasteiger partial charge on any atom is -0.495 e. The van der Waals surface area contributed by atoms with Crippen LogP contribution in [0.3, 0.4) is 0 Å². The highest BCUT2D eigenvalue weighted by Crippen LogP contribution is 2.38. The summed E-state index contributed by atoms with van der Waals surface area (Å²) in [5.41, 5.74) is 0.595. The molecule has 2 atom stereocenters. The van der Waals surface area contributed by atoms with Crippen molar-refractivity contribution in [3.8, 4) is 22.6 Å². The van der Waals surface area contributed by atoms with Gasteiger partial charge in [0.05, 0.1) is 25.5 Å². The molecular formula is C31H32ClF3N2O6. The van der Waals surface area contributed by atoms with Crippen LogP contribution in [0.5, 0.6) is 11.5 Å². The summed E-state index contributed by atoms with van der Waals surface area (Å²) in [6.45, 7) is 0.746. The maximum Gasteiger partial charge on any atom is 0.422 e. The maximum atomic E-state index is 13.8. The Balaban J connectivity index is 1.71. The number of methoxy groups -OCH3 is 1. The normalized spacial score (nSPS) is 16.0. The zero-order valence-electron chi connectivity index (χ0n) is 23.8. The Morgan fingerprint density at radius 2 is 1.91 bits per heavy atom. The molecule has 0 N–H and O–H groups in total. The number of ether oxygens (including phenoxy) is 3. The summed E-state index contributed by atoms with van der Waals surface area (Å²) in [5.74, 6) is -0.405. The number of alkyl halides is 3. The third-order valence-corrected chi connectivity index (χ3v) is 7.40. The predicted molar refractivity (Wildman–Crippen MR) is 154 cm³/mol. The van der Waals surface area contributed by atoms with Crippen molar-refractivity contribution in [2.45, 2.75) is 63.8 Å². The molecule has 230 valence electrons. The number of carbonyl (C=O) groups is 2. The van der Waals surface area contributed by atoms with E-state index in [1.54, 1.807) is 19.1 Å². The summed E-state index contributed by atoms with van der Waals surface area (Å²) in [6, 6.07) is 7.54. The Hall–Kier alpha value is -3.70. The molecule has 3 aromatic rings. The molecule has 1 aliphatic rings. The molecule has 1 fully saturated rings. The van der Waals surface area contributed by atoms with Crippen LogP contribution in [0.1, 0.15) is 61.1 Å². The van der Waals surface area contributed by atoms with E-state index >= 15 is 0 Å². The molecule has 3 heterocycles. The van der Waals surface area contributed by atoms with Gasteiger partial charge >= 0.3 is 6.18 Å². The molecule has 0 bridgehead atoms. The Morgan fingerprint density at radius 3 is 2.53 bits per heavy atom. The van der Waals surface area contributed by atoms with Crippen LogP contribution < -0.4 is 15.0 Å². The molecule has 2 aromatic heterocycles. The number of Topliss-reactive ketones (excluding diaryl/α,β-unsaturated/α-hetero) is 2. The quantitative estimate of drug-likeness (QED) is 0.216. The fourth-order valence-corrected chi connectivity index (χ4v) is 5.15. The van der Waals surface area contributed by atoms with Crippen LogP contribution >= 0.6 is 11.6 Å². The second-order valence-electron chi connectivity index (χ2n) is 10.3. The van der Waals surface area contributed by atoms with Crippen molar-refractivity contribution in [1.82, 2.24) is 9.55 Å². The SMILES string of the molecule is CCC(=O)c1ccc(CC(=O)C(C[C@H]2CCCCO2)n2cc(OC)c(-c3cc(Cl)ccc3OCC(F)(F)F)cc2=O)cn1. The number of nitrogens with zero attached hydrogens (tertiary/aromatic N) is 2. The van der Waals surface area contributed by atoms with Crippen LogP contribution in [0.4, 0.5) is 13.2 Å². The Bertz CT molecular complexity index is 1500. The van der Waals surface area contributed by atoms with E-state index < -0.39 is 24.4 Å². The van der Waals surface area contributed by atoms with Crippen LogP contribution in [0.25, 0.3) is 11.1 Å². The summed E-state index contributed by atoms with van der Waals surface area (Å²) in [4.78, 5) is 43.5. The second kappa shape index (κ2) is 14.2. The van der Waals surface area contributed by atoms with Crippen molar-refractivity contribution >= 4 is 23.2 Å². The fourth-order valence-electron chi connectivity index (χ4n) is 4.98. The smallest absolute Gasteiger partial charge is 0.422 e. The predicted octanol–water partition coefficient (Wildman–Crippen LogP) is 6.42. The first-order valence-corrected chi connectivity index (χ1v) is 14.3. The van der Waals surface area contributed by atoms with Crippen molar-refractivity contribution in [2.75, 3.05) is 20.3 Å². The Kier molecular flexibility index (Phi) is 10.6. The van der Waals surface area contributed by atoms with E-state index in [2.05, 4.69) is 4.98 Å². The van der Waals surface area contributed by atoms with E-state index in [4.69, 9.17) is 25.8 Å². The molecule has 0 aliphatic carbocycles. The largest absolute Gasteiger partial charge is 0.495 e. The van der Waals surface area contributed by atoms with Gasteiger partial charge in [-0.15, -0.1) is 0 Å². The van der Waals surface area contributed by atoms with Crippen molar-refractivity contribution in [3.63, 3.8) is 0 Å². The van der Waals surface area contributed by atoms with Crippen molar-refractivity contribution in [3.05, 3.63) is 75.4 Å². The third-order valence-electron chi connectivity index (χ3n) is 7.16. The number of rotatable bonds is 12. The van der Waals surface area contributed by atoms with Gasteiger partial charge in [0.1, 0.15) is 17.2 Å². The average molecular weight is 621 g/mol. The van der Waals surface area contributed by atoms with E-state index in [9.17, 15) is 27.6 Å². The molecule has 1 aromatic carbocycles. The third kappa shape index (κ3) is 8.45. The first-order chi connectivity index (χ1) is 20.5. The highest BCUT2D eigenvalue weighted by Gasteiger charge is 2.31. The number of pyridine rings is 2. The molecule has 1 unspecified atom stereocenters. The highest BCUT2D eigenvalue weighted by molar-refractivity contribution is 6.31. The molecule has 1 aliphatic heterocycles. The van der Waals surface area contributed by atoms with Gasteiger partial charge in [-0.25, -0.2) is 0 Å². The maximum absolute atomic E-state index is 13.8. The van der Waals surface area contributed by atoms with E-state index in [0.29, 0.717) is 24.3 Å². The van der Waals surface area contributed by atoms with Gasteiger partial charge in [-0.05, 0) is 49.1 Å². The molecule has 0 spiro atoms. The van der Waals surface area contributed by atoms with E-state index in [-0.39, 0.29) is 58.2 Å². The molecule has 0 radical (unpaired) electrons. The van der Waals surface area contributed by atoms with Crippen LogP contribution in [0, 0.1) is 0 Å². The molecule has 43 heavy (non-hydrogen) atoms. The lowest BCUT2D eigenvalue weighted by Crippen LogP contribution is -2.34. The number of hydrogen-bond acceptors (Lipinski definition) is 7. The van der Waals surface area contributed by atoms with E-state index in [0.717, 1.165) is 19.3 Å². The summed E-state index contributed by atoms with van der Waals surface area (Å²) >= 11 is 6.15. The average Bonchev–Trinajstić information content (AvgIpc) is 2.99. The van der Waals surface area contributed by atoms with Gasteiger partial charge in [0.15, 0.2) is 18.2 Å². The molecule has 1 saturated heterocycles. The molecule has 0 amide bonds. The molecule has 8 nitrogen and oxygen atoms in total. The number of aromatic nitrogens is 2. The summed E-state index contributed by atoms with van der Waals surface area (Å²) < 4.78 is 56.5. The van der Waals surface area contributed by atoms with Crippen LogP contribution in [0.2, 0.25) is 5.02 Å². The number of ketones is 2. The fraction of sp³-hybridized carbons (Fsp3) is 0.419.